The van der Waals surface area contributed by atoms with Crippen molar-refractivity contribution in [2.45, 2.75) is 19.3 Å². The van der Waals surface area contributed by atoms with Crippen LogP contribution in [0.5, 0.6) is 0 Å². The molecule has 1 aromatic heterocycles. The van der Waals surface area contributed by atoms with Gasteiger partial charge in [-0.15, -0.1) is 0 Å². The molecular weight excluding hydrogens is 787 g/mol. The third-order valence-corrected chi connectivity index (χ3v) is 13.4. The minimum atomic E-state index is -0.168. The fourth-order valence-corrected chi connectivity index (χ4v) is 10.2. The molecule has 308 valence electrons. The second kappa shape index (κ2) is 15.6. The molecule has 1 aliphatic carbocycles. The zero-order chi connectivity index (χ0) is 43.5. The smallest absolute Gasteiger partial charge is 0.135 e. The topological polar surface area (TPSA) is 16.4 Å². The van der Waals surface area contributed by atoms with Gasteiger partial charge in [-0.25, -0.2) is 0 Å². The van der Waals surface area contributed by atoms with Gasteiger partial charge >= 0.3 is 0 Å². The Kier molecular flexibility index (Phi) is 9.21. The minimum absolute atomic E-state index is 0.168. The first-order chi connectivity index (χ1) is 32.0. The highest BCUT2D eigenvalue weighted by molar-refractivity contribution is 6.06. The van der Waals surface area contributed by atoms with Crippen LogP contribution in [0.2, 0.25) is 0 Å². The Labute approximate surface area is 380 Å². The van der Waals surface area contributed by atoms with Gasteiger partial charge in [-0.3, -0.25) is 0 Å². The van der Waals surface area contributed by atoms with Crippen molar-refractivity contribution >= 4 is 39.0 Å². The number of benzene rings is 10. The zero-order valence-electron chi connectivity index (χ0n) is 36.4. The van der Waals surface area contributed by atoms with E-state index in [-0.39, 0.29) is 5.41 Å². The van der Waals surface area contributed by atoms with E-state index in [0.717, 1.165) is 50.1 Å². The van der Waals surface area contributed by atoms with E-state index in [2.05, 4.69) is 243 Å². The van der Waals surface area contributed by atoms with Gasteiger partial charge in [-0.2, -0.15) is 0 Å². The first-order valence-corrected chi connectivity index (χ1v) is 22.5. The molecule has 2 heteroatoms. The van der Waals surface area contributed by atoms with Crippen LogP contribution >= 0.6 is 0 Å². The molecule has 0 bridgehead atoms. The quantitative estimate of drug-likeness (QED) is 0.152. The fourth-order valence-electron chi connectivity index (χ4n) is 10.2. The summed E-state index contributed by atoms with van der Waals surface area (Å²) in [6.45, 7) is 4.77. The van der Waals surface area contributed by atoms with E-state index in [0.29, 0.717) is 0 Å². The van der Waals surface area contributed by atoms with E-state index in [4.69, 9.17) is 4.42 Å². The van der Waals surface area contributed by atoms with Gasteiger partial charge in [-0.05, 0) is 151 Å². The Balaban J connectivity index is 0.934. The molecule has 0 fully saturated rings. The Morgan fingerprint density at radius 2 is 0.785 bits per heavy atom. The summed E-state index contributed by atoms with van der Waals surface area (Å²) in [7, 11) is 0. The van der Waals surface area contributed by atoms with Crippen LogP contribution in [0.3, 0.4) is 0 Å². The van der Waals surface area contributed by atoms with Gasteiger partial charge in [0.1, 0.15) is 11.2 Å². The van der Waals surface area contributed by atoms with Crippen LogP contribution in [0.15, 0.2) is 241 Å². The molecule has 1 heterocycles. The van der Waals surface area contributed by atoms with E-state index in [1.54, 1.807) is 0 Å². The summed E-state index contributed by atoms with van der Waals surface area (Å²) in [6.07, 6.45) is 0. The van der Waals surface area contributed by atoms with Crippen molar-refractivity contribution in [1.29, 1.82) is 0 Å². The number of fused-ring (bicyclic) bond motifs is 6. The second-order valence-corrected chi connectivity index (χ2v) is 17.7. The Hall–Kier alpha value is -8.20. The Bertz CT molecular complexity index is 3530. The average molecular weight is 832 g/mol. The van der Waals surface area contributed by atoms with E-state index in [1.165, 1.54) is 66.8 Å². The van der Waals surface area contributed by atoms with Crippen molar-refractivity contribution in [3.8, 4) is 66.8 Å². The third kappa shape index (κ3) is 6.74. The number of hydrogen-bond donors (Lipinski definition) is 0. The van der Waals surface area contributed by atoms with Crippen LogP contribution in [0.25, 0.3) is 88.7 Å². The number of hydrogen-bond acceptors (Lipinski definition) is 2. The van der Waals surface area contributed by atoms with Crippen LogP contribution in [-0.4, -0.2) is 0 Å². The molecule has 1 aliphatic rings. The monoisotopic (exact) mass is 831 g/mol. The molecule has 65 heavy (non-hydrogen) atoms. The van der Waals surface area contributed by atoms with Gasteiger partial charge < -0.3 is 9.32 Å². The lowest BCUT2D eigenvalue weighted by Crippen LogP contribution is -2.16. The lowest BCUT2D eigenvalue weighted by atomic mass is 9.78. The summed E-state index contributed by atoms with van der Waals surface area (Å²) in [5, 5.41) is 2.27. The standard InChI is InChI=1S/C63H45NO/c1-63(2)59-35-29-48(38-56(59)58-41-50(43-17-8-4-9-18-43)40-55(62(58)63)46-19-10-5-11-20-46)44-25-31-51(32-26-44)64(53-22-14-21-47(37-53)42-15-6-3-7-16-42)52-33-27-45(28-34-52)49-30-36-61-57(39-49)54-23-12-13-24-60(54)65-61/h3-41H,1-2H3. The SMILES string of the molecule is CC1(C)c2ccc(-c3ccc(N(c4ccc(-c5ccc6oc7ccccc7c6c5)cc4)c4cccc(-c5ccccc5)c4)cc3)cc2-c2cc(-c3ccccc3)cc(-c3ccccc3)c21. The Morgan fingerprint density at radius 1 is 0.308 bits per heavy atom. The van der Waals surface area contributed by atoms with E-state index < -0.39 is 0 Å². The van der Waals surface area contributed by atoms with Crippen molar-refractivity contribution in [3.63, 3.8) is 0 Å². The summed E-state index contributed by atoms with van der Waals surface area (Å²) >= 11 is 0. The van der Waals surface area contributed by atoms with Crippen molar-refractivity contribution in [3.05, 3.63) is 248 Å². The van der Waals surface area contributed by atoms with Crippen LogP contribution < -0.4 is 4.90 Å². The maximum absolute atomic E-state index is 6.14. The first-order valence-electron chi connectivity index (χ1n) is 22.5. The molecule has 12 rings (SSSR count). The van der Waals surface area contributed by atoms with Crippen molar-refractivity contribution in [1.82, 2.24) is 0 Å². The molecule has 0 amide bonds. The highest BCUT2D eigenvalue weighted by atomic mass is 16.3. The van der Waals surface area contributed by atoms with Crippen LogP contribution in [-0.2, 0) is 5.41 Å². The summed E-state index contributed by atoms with van der Waals surface area (Å²) in [4.78, 5) is 2.37. The molecule has 0 spiro atoms. The molecule has 0 saturated heterocycles. The van der Waals surface area contributed by atoms with E-state index >= 15 is 0 Å². The fraction of sp³-hybridized carbons (Fsp3) is 0.0476. The van der Waals surface area contributed by atoms with Crippen molar-refractivity contribution < 1.29 is 4.42 Å². The maximum atomic E-state index is 6.14. The summed E-state index contributed by atoms with van der Waals surface area (Å²) in [6, 6.07) is 85.8. The molecule has 0 radical (unpaired) electrons. The highest BCUT2D eigenvalue weighted by Crippen LogP contribution is 2.54. The molecular formula is C63H45NO. The molecule has 0 unspecified atom stereocenters. The molecule has 2 nitrogen and oxygen atoms in total. The average Bonchev–Trinajstić information content (AvgIpc) is 3.86. The van der Waals surface area contributed by atoms with Gasteiger partial charge in [0, 0.05) is 33.2 Å². The number of para-hydroxylation sites is 1. The van der Waals surface area contributed by atoms with Crippen LogP contribution in [0.1, 0.15) is 25.0 Å². The lowest BCUT2D eigenvalue weighted by molar-refractivity contribution is 0.662. The molecule has 10 aromatic carbocycles. The molecule has 0 saturated carbocycles. The number of furan rings is 1. The molecule has 0 N–H and O–H groups in total. The third-order valence-electron chi connectivity index (χ3n) is 13.4. The predicted octanol–water partition coefficient (Wildman–Crippen LogP) is 17.7. The minimum Gasteiger partial charge on any atom is -0.456 e. The van der Waals surface area contributed by atoms with Gasteiger partial charge in [0.15, 0.2) is 0 Å². The predicted molar refractivity (Wildman–Crippen MR) is 273 cm³/mol. The van der Waals surface area contributed by atoms with E-state index in [9.17, 15) is 0 Å². The second-order valence-electron chi connectivity index (χ2n) is 17.7. The molecule has 0 aliphatic heterocycles. The van der Waals surface area contributed by atoms with Crippen LogP contribution in [0.4, 0.5) is 17.1 Å². The van der Waals surface area contributed by atoms with Crippen molar-refractivity contribution in [2.75, 3.05) is 4.90 Å². The van der Waals surface area contributed by atoms with Crippen LogP contribution in [0, 0.1) is 0 Å². The van der Waals surface area contributed by atoms with Gasteiger partial charge in [0.2, 0.25) is 0 Å². The van der Waals surface area contributed by atoms with Gasteiger partial charge in [0.05, 0.1) is 0 Å². The van der Waals surface area contributed by atoms with Crippen molar-refractivity contribution in [2.24, 2.45) is 0 Å². The number of nitrogens with zero attached hydrogens (tertiary/aromatic N) is 1. The molecule has 11 aromatic rings. The summed E-state index contributed by atoms with van der Waals surface area (Å²) in [5.41, 5.74) is 22.4. The number of anilines is 3. The zero-order valence-corrected chi connectivity index (χ0v) is 36.4. The Morgan fingerprint density at radius 3 is 1.46 bits per heavy atom. The lowest BCUT2D eigenvalue weighted by Gasteiger charge is -2.26. The summed E-state index contributed by atoms with van der Waals surface area (Å²) < 4.78 is 6.14. The summed E-state index contributed by atoms with van der Waals surface area (Å²) in [5.74, 6) is 0. The van der Waals surface area contributed by atoms with Gasteiger partial charge in [0.25, 0.3) is 0 Å². The van der Waals surface area contributed by atoms with E-state index in [1.807, 2.05) is 12.1 Å². The highest BCUT2D eigenvalue weighted by Gasteiger charge is 2.38. The largest absolute Gasteiger partial charge is 0.456 e. The van der Waals surface area contributed by atoms with Gasteiger partial charge in [-0.1, -0.05) is 178 Å². The maximum Gasteiger partial charge on any atom is 0.135 e. The first kappa shape index (κ1) is 38.5. The normalized spacial score (nSPS) is 12.6. The number of rotatable bonds is 8. The molecule has 0 atom stereocenters.